The summed E-state index contributed by atoms with van der Waals surface area (Å²) in [5.74, 6) is 0.734. The summed E-state index contributed by atoms with van der Waals surface area (Å²) in [6, 6.07) is 3.58. The van der Waals surface area contributed by atoms with Crippen LogP contribution in [-0.4, -0.2) is 10.1 Å². The second kappa shape index (κ2) is 1.55. The van der Waals surface area contributed by atoms with E-state index in [2.05, 4.69) is 10.1 Å². The van der Waals surface area contributed by atoms with Crippen molar-refractivity contribution in [2.24, 2.45) is 0 Å². The second-order valence-electron chi connectivity index (χ2n) is 1.71. The van der Waals surface area contributed by atoms with Gasteiger partial charge in [0.05, 0.1) is 6.20 Å². The van der Waals surface area contributed by atoms with E-state index < -0.39 is 0 Å². The Balaban J connectivity index is 2.79. The maximum absolute atomic E-state index is 4.84. The monoisotopic (exact) mass is 120 g/mol. The Morgan fingerprint density at radius 1 is 1.22 bits per heavy atom. The fourth-order valence-corrected chi connectivity index (χ4v) is 0.725. The highest BCUT2D eigenvalue weighted by Gasteiger charge is 2.02. The molecular weight excluding hydrogens is 116 g/mol. The largest absolute Gasteiger partial charge is 0.355 e. The Bertz CT molecular complexity index is 251. The molecule has 0 saturated heterocycles. The summed E-state index contributed by atoms with van der Waals surface area (Å²) in [7, 11) is 0. The molecule has 0 aromatic carbocycles. The molecule has 0 N–H and O–H groups in total. The summed E-state index contributed by atoms with van der Waals surface area (Å²) < 4.78 is 4.84. The lowest BCUT2D eigenvalue weighted by molar-refractivity contribution is 0.412. The Morgan fingerprint density at radius 2 is 2.22 bits per heavy atom. The summed E-state index contributed by atoms with van der Waals surface area (Å²) in [5.41, 5.74) is 0.852. The van der Waals surface area contributed by atoms with Crippen LogP contribution in [-0.2, 0) is 0 Å². The van der Waals surface area contributed by atoms with Gasteiger partial charge in [-0.3, -0.25) is 4.98 Å². The van der Waals surface area contributed by atoms with Crippen molar-refractivity contribution in [1.29, 1.82) is 0 Å². The molecule has 2 aliphatic rings. The molecule has 0 fully saturated rings. The van der Waals surface area contributed by atoms with Gasteiger partial charge in [0.2, 0.25) is 0 Å². The molecule has 9 heavy (non-hydrogen) atoms. The van der Waals surface area contributed by atoms with E-state index in [-0.39, 0.29) is 0 Å². The summed E-state index contributed by atoms with van der Waals surface area (Å²) in [5, 5.41) is 3.57. The van der Waals surface area contributed by atoms with E-state index in [1.54, 1.807) is 24.5 Å². The van der Waals surface area contributed by atoms with Crippen molar-refractivity contribution in [2.45, 2.75) is 0 Å². The van der Waals surface area contributed by atoms with Crippen molar-refractivity contribution in [1.82, 2.24) is 10.1 Å². The molecule has 0 radical (unpaired) electrons. The minimum Gasteiger partial charge on any atom is -0.355 e. The van der Waals surface area contributed by atoms with Gasteiger partial charge < -0.3 is 4.52 Å². The van der Waals surface area contributed by atoms with Crippen molar-refractivity contribution < 1.29 is 4.52 Å². The third kappa shape index (κ3) is 0.579. The van der Waals surface area contributed by atoms with Gasteiger partial charge in [-0.15, -0.1) is 0 Å². The van der Waals surface area contributed by atoms with Gasteiger partial charge in [-0.05, 0) is 6.07 Å². The maximum Gasteiger partial charge on any atom is 0.185 e. The van der Waals surface area contributed by atoms with E-state index >= 15 is 0 Å². The van der Waals surface area contributed by atoms with Gasteiger partial charge in [-0.1, -0.05) is 5.16 Å². The van der Waals surface area contributed by atoms with Crippen LogP contribution in [0.3, 0.4) is 0 Å². The molecule has 2 heterocycles. The zero-order chi connectivity index (χ0) is 6.10. The molecule has 0 atom stereocenters. The molecular formula is C6H4N2O. The smallest absolute Gasteiger partial charge is 0.185 e. The van der Waals surface area contributed by atoms with Crippen molar-refractivity contribution in [3.8, 4) is 11.5 Å². The van der Waals surface area contributed by atoms with Gasteiger partial charge in [-0.2, -0.15) is 0 Å². The Morgan fingerprint density at radius 3 is 3.11 bits per heavy atom. The molecule has 0 saturated carbocycles. The number of fused-ring (bicyclic) bond motifs is 1. The first-order valence-corrected chi connectivity index (χ1v) is 2.62. The van der Waals surface area contributed by atoms with E-state index in [4.69, 9.17) is 4.52 Å². The van der Waals surface area contributed by atoms with E-state index in [0.717, 1.165) is 11.5 Å². The zero-order valence-electron chi connectivity index (χ0n) is 4.61. The molecule has 0 unspecified atom stereocenters. The summed E-state index contributed by atoms with van der Waals surface area (Å²) in [6.45, 7) is 0. The van der Waals surface area contributed by atoms with Gasteiger partial charge in [0.1, 0.15) is 5.69 Å². The third-order valence-electron chi connectivity index (χ3n) is 1.14. The summed E-state index contributed by atoms with van der Waals surface area (Å²) >= 11 is 0. The number of nitrogens with zero attached hydrogens (tertiary/aromatic N) is 2. The lowest BCUT2D eigenvalue weighted by Gasteiger charge is -1.88. The highest BCUT2D eigenvalue weighted by Crippen LogP contribution is 2.15. The topological polar surface area (TPSA) is 38.9 Å². The fraction of sp³-hybridized carbons (Fsp3) is 0. The molecule has 0 aromatic heterocycles. The molecule has 3 heteroatoms. The number of hydrogen-bond donors (Lipinski definition) is 0. The molecule has 2 rings (SSSR count). The predicted molar refractivity (Wildman–Crippen MR) is 30.9 cm³/mol. The van der Waals surface area contributed by atoms with Crippen LogP contribution >= 0.6 is 0 Å². The van der Waals surface area contributed by atoms with Crippen LogP contribution in [0.5, 0.6) is 0 Å². The number of hydrogen-bond acceptors (Lipinski definition) is 3. The fourth-order valence-electron chi connectivity index (χ4n) is 0.725. The Labute approximate surface area is 51.7 Å². The first-order valence-electron chi connectivity index (χ1n) is 2.62. The van der Waals surface area contributed by atoms with Crippen LogP contribution in [0.25, 0.3) is 11.5 Å². The van der Waals surface area contributed by atoms with Gasteiger partial charge in [0, 0.05) is 12.3 Å². The summed E-state index contributed by atoms with van der Waals surface area (Å²) in [6.07, 6.45) is 3.27. The second-order valence-corrected chi connectivity index (χ2v) is 1.71. The quantitative estimate of drug-likeness (QED) is 0.524. The molecule has 44 valence electrons. The van der Waals surface area contributed by atoms with Crippen molar-refractivity contribution in [2.75, 3.05) is 0 Å². The molecule has 0 amide bonds. The minimum atomic E-state index is 0.734. The SMILES string of the molecule is c1cc2nccc-2on1. The average Bonchev–Trinajstić information content (AvgIpc) is 2.33. The van der Waals surface area contributed by atoms with Crippen LogP contribution in [0.1, 0.15) is 0 Å². The minimum absolute atomic E-state index is 0.734. The van der Waals surface area contributed by atoms with Crippen molar-refractivity contribution >= 4 is 0 Å². The first kappa shape index (κ1) is 4.49. The van der Waals surface area contributed by atoms with Crippen molar-refractivity contribution in [3.05, 3.63) is 24.5 Å². The number of aromatic nitrogens is 2. The van der Waals surface area contributed by atoms with Crippen molar-refractivity contribution in [3.63, 3.8) is 0 Å². The average molecular weight is 120 g/mol. The first-order chi connectivity index (χ1) is 4.47. The Kier molecular flexibility index (Phi) is 0.773. The highest BCUT2D eigenvalue weighted by molar-refractivity contribution is 5.51. The van der Waals surface area contributed by atoms with Crippen LogP contribution in [0.2, 0.25) is 0 Å². The van der Waals surface area contributed by atoms with E-state index in [9.17, 15) is 0 Å². The molecule has 2 aliphatic heterocycles. The van der Waals surface area contributed by atoms with E-state index in [0.29, 0.717) is 0 Å². The molecule has 3 nitrogen and oxygen atoms in total. The Hall–Kier alpha value is -1.38. The summed E-state index contributed by atoms with van der Waals surface area (Å²) in [4.78, 5) is 3.98. The predicted octanol–water partition coefficient (Wildman–Crippen LogP) is 1.17. The lowest BCUT2D eigenvalue weighted by Crippen LogP contribution is -1.75. The van der Waals surface area contributed by atoms with Crippen LogP contribution in [0, 0.1) is 0 Å². The normalized spacial score (nSPS) is 10.2. The van der Waals surface area contributed by atoms with Gasteiger partial charge in [0.15, 0.2) is 5.76 Å². The molecule has 0 aromatic rings. The van der Waals surface area contributed by atoms with Gasteiger partial charge in [0.25, 0.3) is 0 Å². The van der Waals surface area contributed by atoms with Gasteiger partial charge >= 0.3 is 0 Å². The molecule has 0 bridgehead atoms. The van der Waals surface area contributed by atoms with Gasteiger partial charge in [-0.25, -0.2) is 0 Å². The maximum atomic E-state index is 4.84. The third-order valence-corrected chi connectivity index (χ3v) is 1.14. The van der Waals surface area contributed by atoms with E-state index in [1.807, 2.05) is 0 Å². The van der Waals surface area contributed by atoms with Crippen LogP contribution in [0.4, 0.5) is 0 Å². The molecule has 0 spiro atoms. The molecule has 0 aliphatic carbocycles. The lowest BCUT2D eigenvalue weighted by atomic mass is 10.3. The van der Waals surface area contributed by atoms with Crippen LogP contribution in [0.15, 0.2) is 29.0 Å². The number of rotatable bonds is 0. The zero-order valence-corrected chi connectivity index (χ0v) is 4.61. The standard InChI is InChI=1S/C6H4N2O/c1-4-8-9-6-2-3-7-5(1)6/h1-4H. The highest BCUT2D eigenvalue weighted by atomic mass is 16.5. The van der Waals surface area contributed by atoms with Crippen LogP contribution < -0.4 is 0 Å². The van der Waals surface area contributed by atoms with E-state index in [1.165, 1.54) is 0 Å².